The molecule has 1 amide bonds. The van der Waals surface area contributed by atoms with Crippen LogP contribution in [0.2, 0.25) is 0 Å². The Hall–Kier alpha value is -3.04. The molecule has 3 rings (SSSR count). The molecular weight excluding hydrogens is 423 g/mol. The highest BCUT2D eigenvalue weighted by Gasteiger charge is 2.40. The van der Waals surface area contributed by atoms with E-state index < -0.39 is 38.7 Å². The highest BCUT2D eigenvalue weighted by Crippen LogP contribution is 2.28. The van der Waals surface area contributed by atoms with Crippen molar-refractivity contribution >= 4 is 33.7 Å². The smallest absolute Gasteiger partial charge is 0.330 e. The molecule has 1 aliphatic rings. The fraction of sp³-hybridized carbons (Fsp3) is 0.273. The van der Waals surface area contributed by atoms with Gasteiger partial charge in [0.2, 0.25) is 15.9 Å². The number of nitrogens with zero attached hydrogens (tertiary/aromatic N) is 1. The summed E-state index contributed by atoms with van der Waals surface area (Å²) >= 11 is 0. The Balaban J connectivity index is 1.70. The topological polar surface area (TPSA) is 92.8 Å². The maximum Gasteiger partial charge on any atom is 0.330 e. The van der Waals surface area contributed by atoms with Crippen molar-refractivity contribution in [3.63, 3.8) is 0 Å². The van der Waals surface area contributed by atoms with Crippen LogP contribution < -0.4 is 5.32 Å². The summed E-state index contributed by atoms with van der Waals surface area (Å²) in [6.07, 6.45) is 3.74. The highest BCUT2D eigenvalue weighted by molar-refractivity contribution is 7.89. The summed E-state index contributed by atoms with van der Waals surface area (Å²) in [5.74, 6) is -1.77. The number of hydrogen-bond donors (Lipinski definition) is 1. The van der Waals surface area contributed by atoms with Crippen LogP contribution in [-0.4, -0.2) is 43.8 Å². The van der Waals surface area contributed by atoms with E-state index in [9.17, 15) is 22.4 Å². The number of carbonyl (C=O) groups is 2. The molecule has 9 heteroatoms. The van der Waals surface area contributed by atoms with Gasteiger partial charge in [-0.2, -0.15) is 4.31 Å². The van der Waals surface area contributed by atoms with Crippen LogP contribution in [0.3, 0.4) is 0 Å². The minimum atomic E-state index is -4.14. The zero-order valence-corrected chi connectivity index (χ0v) is 17.8. The molecule has 2 aromatic rings. The van der Waals surface area contributed by atoms with Gasteiger partial charge in [-0.1, -0.05) is 24.3 Å². The molecule has 1 N–H and O–H groups in total. The van der Waals surface area contributed by atoms with E-state index in [1.54, 1.807) is 37.3 Å². The average molecular weight is 447 g/mol. The van der Waals surface area contributed by atoms with Crippen molar-refractivity contribution in [3.05, 3.63) is 66.0 Å². The van der Waals surface area contributed by atoms with Crippen LogP contribution in [0.15, 0.2) is 59.5 Å². The lowest BCUT2D eigenvalue weighted by atomic mass is 10.1. The molecule has 0 radical (unpaired) electrons. The monoisotopic (exact) mass is 446 g/mol. The molecule has 0 bridgehead atoms. The van der Waals surface area contributed by atoms with Gasteiger partial charge in [0.25, 0.3) is 0 Å². The number of amides is 1. The Kier molecular flexibility index (Phi) is 7.19. The van der Waals surface area contributed by atoms with Crippen LogP contribution in [-0.2, 0) is 24.3 Å². The molecule has 0 spiro atoms. The molecule has 1 aliphatic heterocycles. The van der Waals surface area contributed by atoms with E-state index in [0.717, 1.165) is 15.9 Å². The minimum Gasteiger partial charge on any atom is -0.463 e. The van der Waals surface area contributed by atoms with Gasteiger partial charge >= 0.3 is 5.97 Å². The van der Waals surface area contributed by atoms with E-state index in [-0.39, 0.29) is 6.54 Å². The summed E-state index contributed by atoms with van der Waals surface area (Å²) in [6.45, 7) is 2.15. The van der Waals surface area contributed by atoms with Crippen LogP contribution >= 0.6 is 0 Å². The summed E-state index contributed by atoms with van der Waals surface area (Å²) in [6, 6.07) is 10.9. The Morgan fingerprint density at radius 1 is 1.19 bits per heavy atom. The van der Waals surface area contributed by atoms with Crippen LogP contribution in [0.5, 0.6) is 0 Å². The van der Waals surface area contributed by atoms with Crippen molar-refractivity contribution in [3.8, 4) is 0 Å². The predicted octanol–water partition coefficient (Wildman–Crippen LogP) is 3.19. The lowest BCUT2D eigenvalue weighted by molar-refractivity contribution is -0.137. The number of rotatable bonds is 7. The van der Waals surface area contributed by atoms with Gasteiger partial charge in [-0.25, -0.2) is 17.6 Å². The van der Waals surface area contributed by atoms with Gasteiger partial charge in [-0.05, 0) is 55.7 Å². The van der Waals surface area contributed by atoms with Crippen molar-refractivity contribution in [2.24, 2.45) is 0 Å². The van der Waals surface area contributed by atoms with E-state index in [0.29, 0.717) is 25.1 Å². The zero-order chi connectivity index (χ0) is 22.4. The highest BCUT2D eigenvalue weighted by atomic mass is 32.2. The first kappa shape index (κ1) is 22.6. The van der Waals surface area contributed by atoms with Crippen molar-refractivity contribution in [2.45, 2.75) is 30.7 Å². The molecule has 1 atom stereocenters. The molecule has 164 valence electrons. The molecule has 1 unspecified atom stereocenters. The van der Waals surface area contributed by atoms with Crippen LogP contribution in [0.4, 0.5) is 10.1 Å². The summed E-state index contributed by atoms with van der Waals surface area (Å²) in [7, 11) is -4.14. The van der Waals surface area contributed by atoms with Gasteiger partial charge in [-0.3, -0.25) is 4.79 Å². The van der Waals surface area contributed by atoms with Crippen molar-refractivity contribution in [1.82, 2.24) is 4.31 Å². The fourth-order valence-electron chi connectivity index (χ4n) is 3.33. The number of nitrogens with one attached hydrogen (secondary N) is 1. The second-order valence-electron chi connectivity index (χ2n) is 6.90. The molecule has 1 fully saturated rings. The fourth-order valence-corrected chi connectivity index (χ4v) is 5.05. The maximum absolute atomic E-state index is 14.1. The first-order valence-corrected chi connectivity index (χ1v) is 11.3. The normalized spacial score (nSPS) is 17.0. The number of halogens is 1. The van der Waals surface area contributed by atoms with Crippen LogP contribution in [0, 0.1) is 5.82 Å². The Morgan fingerprint density at radius 3 is 2.58 bits per heavy atom. The van der Waals surface area contributed by atoms with Gasteiger partial charge in [0, 0.05) is 18.3 Å². The van der Waals surface area contributed by atoms with Gasteiger partial charge in [0.05, 0.1) is 6.61 Å². The maximum atomic E-state index is 14.1. The standard InChI is InChI=1S/C22H23FN2O5S/c1-2-30-21(26)14-11-16-9-12-17(13-10-16)24-22(27)19-7-5-15-25(19)31(28,29)20-8-4-3-6-18(20)23/h3-4,6,8-14,19H,2,5,7,15H2,1H3,(H,24,27). The quantitative estimate of drug-likeness (QED) is 0.521. The number of anilines is 1. The Bertz CT molecular complexity index is 1080. The van der Waals surface area contributed by atoms with E-state index in [4.69, 9.17) is 4.74 Å². The zero-order valence-electron chi connectivity index (χ0n) is 17.0. The summed E-state index contributed by atoms with van der Waals surface area (Å²) < 4.78 is 45.7. The first-order chi connectivity index (χ1) is 14.8. The second kappa shape index (κ2) is 9.84. The molecule has 7 nitrogen and oxygen atoms in total. The van der Waals surface area contributed by atoms with E-state index >= 15 is 0 Å². The van der Waals surface area contributed by atoms with E-state index in [2.05, 4.69) is 5.32 Å². The lowest BCUT2D eigenvalue weighted by Gasteiger charge is -2.23. The van der Waals surface area contributed by atoms with Crippen molar-refractivity contribution in [1.29, 1.82) is 0 Å². The third kappa shape index (κ3) is 5.36. The van der Waals surface area contributed by atoms with Gasteiger partial charge < -0.3 is 10.1 Å². The molecular formula is C22H23FN2O5S. The average Bonchev–Trinajstić information content (AvgIpc) is 3.25. The third-order valence-corrected chi connectivity index (χ3v) is 6.75. The van der Waals surface area contributed by atoms with Crippen LogP contribution in [0.25, 0.3) is 6.08 Å². The van der Waals surface area contributed by atoms with Gasteiger partial charge in [-0.15, -0.1) is 0 Å². The minimum absolute atomic E-state index is 0.145. The molecule has 0 aromatic heterocycles. The third-order valence-electron chi connectivity index (χ3n) is 4.81. The summed E-state index contributed by atoms with van der Waals surface area (Å²) in [4.78, 5) is 23.7. The first-order valence-electron chi connectivity index (χ1n) is 9.85. The number of ether oxygens (including phenoxy) is 1. The second-order valence-corrected chi connectivity index (χ2v) is 8.76. The molecule has 31 heavy (non-hydrogen) atoms. The molecule has 0 saturated carbocycles. The number of esters is 1. The SMILES string of the molecule is CCOC(=O)C=Cc1ccc(NC(=O)C2CCCN2S(=O)(=O)c2ccccc2F)cc1. The number of hydrogen-bond acceptors (Lipinski definition) is 5. The number of carbonyl (C=O) groups excluding carboxylic acids is 2. The summed E-state index contributed by atoms with van der Waals surface area (Å²) in [5.41, 5.74) is 1.21. The van der Waals surface area contributed by atoms with Crippen molar-refractivity contribution < 1.29 is 27.1 Å². The lowest BCUT2D eigenvalue weighted by Crippen LogP contribution is -2.43. The molecule has 1 saturated heterocycles. The largest absolute Gasteiger partial charge is 0.463 e. The van der Waals surface area contributed by atoms with E-state index in [1.807, 2.05) is 0 Å². The molecule has 0 aliphatic carbocycles. The van der Waals surface area contributed by atoms with Crippen molar-refractivity contribution in [2.75, 3.05) is 18.5 Å². The number of sulfonamides is 1. The Labute approximate surface area is 180 Å². The number of benzene rings is 2. The van der Waals surface area contributed by atoms with Gasteiger partial charge in [0.1, 0.15) is 16.8 Å². The van der Waals surface area contributed by atoms with Gasteiger partial charge in [0.15, 0.2) is 0 Å². The molecule has 1 heterocycles. The summed E-state index contributed by atoms with van der Waals surface area (Å²) in [5, 5.41) is 2.71. The van der Waals surface area contributed by atoms with E-state index in [1.165, 1.54) is 24.3 Å². The predicted molar refractivity (Wildman–Crippen MR) is 114 cm³/mol. The molecule has 2 aromatic carbocycles. The Morgan fingerprint density at radius 2 is 1.90 bits per heavy atom. The van der Waals surface area contributed by atoms with Crippen LogP contribution in [0.1, 0.15) is 25.3 Å².